The zero-order valence-corrected chi connectivity index (χ0v) is 8.06. The van der Waals surface area contributed by atoms with Crippen LogP contribution < -0.4 is 5.73 Å². The maximum atomic E-state index is 11.4. The lowest BCUT2D eigenvalue weighted by Crippen LogP contribution is -2.42. The lowest BCUT2D eigenvalue weighted by molar-refractivity contribution is -0.133. The molecule has 0 bridgehead atoms. The average Bonchev–Trinajstić information content (AvgIpc) is 2.15. The van der Waals surface area contributed by atoms with Crippen molar-refractivity contribution in [2.75, 3.05) is 26.3 Å². The summed E-state index contributed by atoms with van der Waals surface area (Å²) in [7, 11) is 0. The Labute approximate surface area is 82.3 Å². The minimum absolute atomic E-state index is 0.0734. The van der Waals surface area contributed by atoms with Gasteiger partial charge in [0.05, 0.1) is 13.2 Å². The van der Waals surface area contributed by atoms with E-state index < -0.39 is 11.8 Å². The SMILES string of the molecule is C[C](C(N)=O)C(=O)N(CCO)CCO. The highest BCUT2D eigenvalue weighted by molar-refractivity contribution is 6.13. The normalized spacial score (nSPS) is 10.3. The van der Waals surface area contributed by atoms with E-state index in [1.54, 1.807) is 0 Å². The first kappa shape index (κ1) is 12.9. The first-order valence-corrected chi connectivity index (χ1v) is 4.19. The Balaban J connectivity index is 4.33. The second-order valence-corrected chi connectivity index (χ2v) is 2.73. The molecule has 0 spiro atoms. The zero-order chi connectivity index (χ0) is 11.1. The molecule has 0 saturated heterocycles. The van der Waals surface area contributed by atoms with E-state index in [1.165, 1.54) is 11.8 Å². The number of hydrogen-bond acceptors (Lipinski definition) is 4. The van der Waals surface area contributed by atoms with E-state index in [-0.39, 0.29) is 32.2 Å². The number of rotatable bonds is 6. The summed E-state index contributed by atoms with van der Waals surface area (Å²) in [5.41, 5.74) is 4.92. The summed E-state index contributed by atoms with van der Waals surface area (Å²) < 4.78 is 0. The molecule has 0 atom stereocenters. The zero-order valence-electron chi connectivity index (χ0n) is 8.06. The van der Waals surface area contributed by atoms with Gasteiger partial charge in [0.2, 0.25) is 11.8 Å². The molecule has 6 heteroatoms. The van der Waals surface area contributed by atoms with Crippen LogP contribution in [0.5, 0.6) is 0 Å². The lowest BCUT2D eigenvalue weighted by Gasteiger charge is -2.22. The van der Waals surface area contributed by atoms with Gasteiger partial charge in [0.1, 0.15) is 5.92 Å². The van der Waals surface area contributed by atoms with Crippen LogP contribution in [0, 0.1) is 5.92 Å². The fourth-order valence-corrected chi connectivity index (χ4v) is 0.899. The number of carbonyl (C=O) groups excluding carboxylic acids is 2. The molecule has 0 aliphatic carbocycles. The Bertz CT molecular complexity index is 202. The number of nitrogens with zero attached hydrogens (tertiary/aromatic N) is 1. The molecule has 14 heavy (non-hydrogen) atoms. The fraction of sp³-hybridized carbons (Fsp3) is 0.625. The van der Waals surface area contributed by atoms with Gasteiger partial charge in [-0.2, -0.15) is 0 Å². The molecule has 0 fully saturated rings. The summed E-state index contributed by atoms with van der Waals surface area (Å²) in [5.74, 6) is -1.46. The van der Waals surface area contributed by atoms with Crippen LogP contribution in [0.2, 0.25) is 0 Å². The van der Waals surface area contributed by atoms with E-state index in [0.717, 1.165) is 0 Å². The number of aliphatic hydroxyl groups excluding tert-OH is 2. The lowest BCUT2D eigenvalue weighted by atomic mass is 10.1. The molecule has 0 aliphatic heterocycles. The van der Waals surface area contributed by atoms with Crippen molar-refractivity contribution in [2.24, 2.45) is 5.73 Å². The van der Waals surface area contributed by atoms with Gasteiger partial charge in [-0.05, 0) is 6.92 Å². The van der Waals surface area contributed by atoms with Crippen LogP contribution in [0.15, 0.2) is 0 Å². The van der Waals surface area contributed by atoms with Gasteiger partial charge in [-0.1, -0.05) is 0 Å². The molecular weight excluding hydrogens is 188 g/mol. The first-order valence-electron chi connectivity index (χ1n) is 4.19. The van der Waals surface area contributed by atoms with E-state index in [0.29, 0.717) is 0 Å². The highest BCUT2D eigenvalue weighted by Crippen LogP contribution is 2.03. The second-order valence-electron chi connectivity index (χ2n) is 2.73. The number of nitrogens with two attached hydrogens (primary N) is 1. The molecule has 0 aliphatic rings. The van der Waals surface area contributed by atoms with Crippen molar-refractivity contribution < 1.29 is 19.8 Å². The summed E-state index contributed by atoms with van der Waals surface area (Å²) in [5, 5.41) is 17.3. The molecule has 1 radical (unpaired) electrons. The Morgan fingerprint density at radius 2 is 1.64 bits per heavy atom. The van der Waals surface area contributed by atoms with Crippen molar-refractivity contribution in [3.8, 4) is 0 Å². The maximum Gasteiger partial charge on any atom is 0.239 e. The molecule has 0 aromatic heterocycles. The third-order valence-corrected chi connectivity index (χ3v) is 1.72. The molecule has 2 amide bonds. The Morgan fingerprint density at radius 3 is 1.93 bits per heavy atom. The second kappa shape index (κ2) is 6.33. The van der Waals surface area contributed by atoms with E-state index in [9.17, 15) is 9.59 Å². The maximum absolute atomic E-state index is 11.4. The Morgan fingerprint density at radius 1 is 1.21 bits per heavy atom. The van der Waals surface area contributed by atoms with Crippen molar-refractivity contribution in [1.29, 1.82) is 0 Å². The van der Waals surface area contributed by atoms with Crippen LogP contribution in [-0.2, 0) is 9.59 Å². The third-order valence-electron chi connectivity index (χ3n) is 1.72. The summed E-state index contributed by atoms with van der Waals surface area (Å²) in [6, 6.07) is 0. The number of carbonyl (C=O) groups is 2. The van der Waals surface area contributed by atoms with Crippen molar-refractivity contribution in [2.45, 2.75) is 6.92 Å². The van der Waals surface area contributed by atoms with Crippen molar-refractivity contribution >= 4 is 11.8 Å². The van der Waals surface area contributed by atoms with Crippen LogP contribution >= 0.6 is 0 Å². The molecule has 0 saturated carbocycles. The summed E-state index contributed by atoms with van der Waals surface area (Å²) in [6.45, 7) is 1.01. The largest absolute Gasteiger partial charge is 0.395 e. The van der Waals surface area contributed by atoms with Crippen LogP contribution in [-0.4, -0.2) is 53.2 Å². The van der Waals surface area contributed by atoms with Crippen molar-refractivity contribution in [1.82, 2.24) is 4.90 Å². The summed E-state index contributed by atoms with van der Waals surface area (Å²) in [4.78, 5) is 23.3. The summed E-state index contributed by atoms with van der Waals surface area (Å²) >= 11 is 0. The molecule has 0 aromatic carbocycles. The van der Waals surface area contributed by atoms with E-state index >= 15 is 0 Å². The minimum Gasteiger partial charge on any atom is -0.395 e. The van der Waals surface area contributed by atoms with Gasteiger partial charge in [-0.3, -0.25) is 9.59 Å². The number of primary amides is 1. The average molecular weight is 203 g/mol. The molecule has 0 heterocycles. The molecular formula is C8H15N2O4. The predicted molar refractivity (Wildman–Crippen MR) is 48.9 cm³/mol. The summed E-state index contributed by atoms with van der Waals surface area (Å²) in [6.07, 6.45) is 0. The number of amides is 2. The van der Waals surface area contributed by atoms with Gasteiger partial charge >= 0.3 is 0 Å². The van der Waals surface area contributed by atoms with Gasteiger partial charge < -0.3 is 20.8 Å². The van der Waals surface area contributed by atoms with Crippen molar-refractivity contribution in [3.05, 3.63) is 5.92 Å². The smallest absolute Gasteiger partial charge is 0.239 e. The van der Waals surface area contributed by atoms with E-state index in [1.807, 2.05) is 0 Å². The Hall–Kier alpha value is -1.14. The van der Waals surface area contributed by atoms with Crippen LogP contribution in [0.4, 0.5) is 0 Å². The van der Waals surface area contributed by atoms with Gasteiger partial charge in [0.15, 0.2) is 0 Å². The molecule has 0 rings (SSSR count). The van der Waals surface area contributed by atoms with Crippen LogP contribution in [0.1, 0.15) is 6.92 Å². The highest BCUT2D eigenvalue weighted by Gasteiger charge is 2.24. The molecule has 0 unspecified atom stereocenters. The van der Waals surface area contributed by atoms with Gasteiger partial charge in [-0.15, -0.1) is 0 Å². The van der Waals surface area contributed by atoms with Gasteiger partial charge in [0.25, 0.3) is 0 Å². The number of aliphatic hydroxyl groups is 2. The standard InChI is InChI=1S/C8H15N2O4/c1-6(7(9)13)8(14)10(2-4-11)3-5-12/h11-12H,2-5H2,1H3,(H2,9,13). The van der Waals surface area contributed by atoms with Gasteiger partial charge in [-0.25, -0.2) is 0 Å². The van der Waals surface area contributed by atoms with E-state index in [4.69, 9.17) is 15.9 Å². The van der Waals surface area contributed by atoms with Crippen molar-refractivity contribution in [3.63, 3.8) is 0 Å². The van der Waals surface area contributed by atoms with E-state index in [2.05, 4.69) is 0 Å². The molecule has 6 nitrogen and oxygen atoms in total. The third kappa shape index (κ3) is 3.71. The molecule has 0 aromatic rings. The topological polar surface area (TPSA) is 104 Å². The Kier molecular flexibility index (Phi) is 5.82. The molecule has 81 valence electrons. The highest BCUT2D eigenvalue weighted by atomic mass is 16.3. The first-order chi connectivity index (χ1) is 6.54. The van der Waals surface area contributed by atoms with Crippen LogP contribution in [0.3, 0.4) is 0 Å². The predicted octanol–water partition coefficient (Wildman–Crippen LogP) is -2.12. The van der Waals surface area contributed by atoms with Crippen LogP contribution in [0.25, 0.3) is 0 Å². The van der Waals surface area contributed by atoms with Gasteiger partial charge in [0, 0.05) is 13.1 Å². The minimum atomic E-state index is -0.795. The fourth-order valence-electron chi connectivity index (χ4n) is 0.899. The quantitative estimate of drug-likeness (QED) is 0.429. The number of hydrogen-bond donors (Lipinski definition) is 3. The monoisotopic (exact) mass is 203 g/mol. The molecule has 4 N–H and O–H groups in total.